The standard InChI is InChI=1S/C31H41N5O11.C14H14O/c1-19(2)28(40)34-31-33-27-25(29(41)35-31)32-18-36(27)30-26(46-20(3)37)22(15-24(38)39)23(47-30)17-45-14-12-43-10-9-42-11-13-44-16-21-7-5-4-6-8-21;1-3-7-13(8-4-1)11-15-12-14-9-5-2-6-10-14/h4-8,18-19,22-23,26,30H,9-17H2,1-3H3,(H,38,39)(H2,33,34,35,40,41);1-10H,11-12H2/t22-,23+,26-,30-;/m1./s1. The Labute approximate surface area is 359 Å². The number of carboxylic acids is 1. The number of nitrogens with one attached hydrogen (secondary N) is 2. The summed E-state index contributed by atoms with van der Waals surface area (Å²) >= 11 is 0. The average molecular weight is 858 g/mol. The van der Waals surface area contributed by atoms with Crippen LogP contribution in [0.3, 0.4) is 0 Å². The summed E-state index contributed by atoms with van der Waals surface area (Å²) in [6.45, 7) is 8.48. The molecule has 1 saturated heterocycles. The van der Waals surface area contributed by atoms with E-state index < -0.39 is 41.9 Å². The maximum Gasteiger partial charge on any atom is 0.303 e. The van der Waals surface area contributed by atoms with Crippen molar-refractivity contribution >= 4 is 35.0 Å². The first kappa shape index (κ1) is 47.2. The lowest BCUT2D eigenvalue weighted by Gasteiger charge is -2.23. The van der Waals surface area contributed by atoms with Gasteiger partial charge in [-0.05, 0) is 16.7 Å². The Balaban J connectivity index is 0.000000404. The number of carboxylic acid groups (broad SMARTS) is 1. The van der Waals surface area contributed by atoms with Gasteiger partial charge in [-0.15, -0.1) is 0 Å². The molecule has 2 aromatic heterocycles. The number of anilines is 1. The number of imidazole rings is 1. The quantitative estimate of drug-likeness (QED) is 0.0562. The molecular weight excluding hydrogens is 803 g/mol. The fraction of sp³-hybridized carbons (Fsp3) is 0.422. The van der Waals surface area contributed by atoms with Gasteiger partial charge in [0.25, 0.3) is 5.56 Å². The van der Waals surface area contributed by atoms with Crippen molar-refractivity contribution in [3.05, 3.63) is 124 Å². The molecule has 0 bridgehead atoms. The molecule has 1 aliphatic heterocycles. The van der Waals surface area contributed by atoms with E-state index in [-0.39, 0.29) is 55.2 Å². The molecule has 0 saturated carbocycles. The number of carbonyl (C=O) groups excluding carboxylic acids is 2. The number of ether oxygens (including phenoxy) is 7. The van der Waals surface area contributed by atoms with Gasteiger partial charge in [0.1, 0.15) is 0 Å². The third-order valence-electron chi connectivity index (χ3n) is 9.41. The number of rotatable bonds is 23. The number of amides is 1. The van der Waals surface area contributed by atoms with E-state index in [1.807, 2.05) is 66.7 Å². The summed E-state index contributed by atoms with van der Waals surface area (Å²) in [5.41, 5.74) is 2.91. The van der Waals surface area contributed by atoms with Crippen LogP contribution < -0.4 is 10.9 Å². The van der Waals surface area contributed by atoms with Crippen molar-refractivity contribution in [3.8, 4) is 0 Å². The number of aromatic amines is 1. The van der Waals surface area contributed by atoms with Gasteiger partial charge in [0.15, 0.2) is 23.5 Å². The van der Waals surface area contributed by atoms with Crippen LogP contribution in [0.5, 0.6) is 0 Å². The average Bonchev–Trinajstić information content (AvgIpc) is 3.83. The minimum Gasteiger partial charge on any atom is -0.481 e. The van der Waals surface area contributed by atoms with Crippen LogP contribution in [-0.2, 0) is 67.4 Å². The SMILES string of the molecule is CC(=O)O[C@@H]1[C@H](CC(=O)O)[C@H](COCCOCCOCCOCc2ccccc2)O[C@H]1n1cnc2c(=O)[nH]c(NC(=O)C(C)C)nc21.c1ccc(COCc2ccccc2)cc1. The first-order chi connectivity index (χ1) is 30.1. The molecule has 0 aliphatic carbocycles. The summed E-state index contributed by atoms with van der Waals surface area (Å²) in [5.74, 6) is -3.43. The highest BCUT2D eigenvalue weighted by Crippen LogP contribution is 2.39. The van der Waals surface area contributed by atoms with E-state index >= 15 is 0 Å². The van der Waals surface area contributed by atoms with Crippen molar-refractivity contribution < 1.29 is 52.6 Å². The van der Waals surface area contributed by atoms with Gasteiger partial charge in [0.05, 0.1) is 84.9 Å². The monoisotopic (exact) mass is 857 g/mol. The Kier molecular flexibility index (Phi) is 19.2. The molecule has 3 heterocycles. The van der Waals surface area contributed by atoms with E-state index in [0.717, 1.165) is 5.56 Å². The Bertz CT molecular complexity index is 2130. The molecule has 0 spiro atoms. The van der Waals surface area contributed by atoms with E-state index in [4.69, 9.17) is 33.2 Å². The van der Waals surface area contributed by atoms with Gasteiger partial charge >= 0.3 is 11.9 Å². The number of H-pyrrole nitrogens is 1. The molecule has 0 radical (unpaired) electrons. The van der Waals surface area contributed by atoms with Gasteiger partial charge < -0.3 is 38.3 Å². The Hall–Kier alpha value is -5.82. The third-order valence-corrected chi connectivity index (χ3v) is 9.41. The molecule has 3 N–H and O–H groups in total. The number of fused-ring (bicyclic) bond motifs is 1. The third kappa shape index (κ3) is 15.3. The summed E-state index contributed by atoms with van der Waals surface area (Å²) in [7, 11) is 0. The molecule has 0 unspecified atom stereocenters. The van der Waals surface area contributed by atoms with Crippen LogP contribution >= 0.6 is 0 Å². The largest absolute Gasteiger partial charge is 0.481 e. The first-order valence-corrected chi connectivity index (χ1v) is 20.4. The summed E-state index contributed by atoms with van der Waals surface area (Å²) in [4.78, 5) is 59.8. The molecule has 17 heteroatoms. The van der Waals surface area contributed by atoms with Crippen LogP contribution in [0, 0.1) is 11.8 Å². The molecule has 332 valence electrons. The maximum absolute atomic E-state index is 12.7. The van der Waals surface area contributed by atoms with Crippen molar-refractivity contribution in [1.29, 1.82) is 0 Å². The maximum atomic E-state index is 12.7. The van der Waals surface area contributed by atoms with E-state index in [2.05, 4.69) is 44.5 Å². The zero-order valence-corrected chi connectivity index (χ0v) is 35.2. The van der Waals surface area contributed by atoms with Gasteiger partial charge in [-0.1, -0.05) is 105 Å². The van der Waals surface area contributed by atoms with E-state index in [0.29, 0.717) is 46.2 Å². The molecule has 4 atom stereocenters. The van der Waals surface area contributed by atoms with Gasteiger partial charge in [-0.25, -0.2) is 4.98 Å². The molecule has 6 rings (SSSR count). The minimum atomic E-state index is -1.13. The normalized spacial score (nSPS) is 17.1. The molecule has 1 amide bonds. The highest BCUT2D eigenvalue weighted by atomic mass is 16.6. The molecule has 1 aliphatic rings. The predicted octanol–water partition coefficient (Wildman–Crippen LogP) is 5.30. The van der Waals surface area contributed by atoms with Gasteiger partial charge in [-0.3, -0.25) is 34.0 Å². The number of carbonyl (C=O) groups is 3. The highest BCUT2D eigenvalue weighted by molar-refractivity contribution is 5.91. The molecule has 3 aromatic carbocycles. The Morgan fingerprint density at radius 1 is 0.774 bits per heavy atom. The van der Waals surface area contributed by atoms with Crippen molar-refractivity contribution in [1.82, 2.24) is 19.5 Å². The predicted molar refractivity (Wildman–Crippen MR) is 227 cm³/mol. The van der Waals surface area contributed by atoms with Crippen LogP contribution in [0.4, 0.5) is 5.95 Å². The summed E-state index contributed by atoms with van der Waals surface area (Å²) < 4.78 is 41.2. The number of aliphatic carboxylic acids is 1. The van der Waals surface area contributed by atoms with Crippen molar-refractivity contribution in [2.75, 3.05) is 51.6 Å². The van der Waals surface area contributed by atoms with E-state index in [1.165, 1.54) is 28.9 Å². The van der Waals surface area contributed by atoms with Crippen LogP contribution in [0.25, 0.3) is 11.2 Å². The zero-order chi connectivity index (χ0) is 44.1. The van der Waals surface area contributed by atoms with Crippen LogP contribution in [0.2, 0.25) is 0 Å². The van der Waals surface area contributed by atoms with Crippen LogP contribution in [-0.4, -0.2) is 101 Å². The molecule has 17 nitrogen and oxygen atoms in total. The topological polar surface area (TPSA) is 212 Å². The van der Waals surface area contributed by atoms with Crippen molar-refractivity contribution in [3.63, 3.8) is 0 Å². The van der Waals surface area contributed by atoms with E-state index in [9.17, 15) is 24.3 Å². The number of nitrogens with zero attached hydrogens (tertiary/aromatic N) is 3. The minimum absolute atomic E-state index is 0.0266. The Morgan fingerprint density at radius 3 is 1.81 bits per heavy atom. The number of hydrogen-bond donors (Lipinski definition) is 3. The van der Waals surface area contributed by atoms with Crippen LogP contribution in [0.1, 0.15) is 50.1 Å². The van der Waals surface area contributed by atoms with Gasteiger partial charge in [0.2, 0.25) is 11.9 Å². The first-order valence-electron chi connectivity index (χ1n) is 20.4. The lowest BCUT2D eigenvalue weighted by molar-refractivity contribution is -0.155. The summed E-state index contributed by atoms with van der Waals surface area (Å²) in [6, 6.07) is 30.3. The number of aromatic nitrogens is 4. The molecule has 62 heavy (non-hydrogen) atoms. The number of hydrogen-bond acceptors (Lipinski definition) is 13. The number of esters is 1. The van der Waals surface area contributed by atoms with E-state index in [1.54, 1.807) is 13.8 Å². The zero-order valence-electron chi connectivity index (χ0n) is 35.2. The smallest absolute Gasteiger partial charge is 0.303 e. The van der Waals surface area contributed by atoms with Crippen molar-refractivity contribution in [2.24, 2.45) is 11.8 Å². The van der Waals surface area contributed by atoms with Crippen LogP contribution in [0.15, 0.2) is 102 Å². The fourth-order valence-electron chi connectivity index (χ4n) is 6.34. The molecular formula is C45H55N5O12. The second kappa shape index (κ2) is 25.2. The van der Waals surface area contributed by atoms with Crippen molar-refractivity contribution in [2.45, 2.75) is 65.4 Å². The lowest BCUT2D eigenvalue weighted by atomic mass is 9.94. The molecule has 1 fully saturated rings. The summed E-state index contributed by atoms with van der Waals surface area (Å²) in [6.07, 6.45) is -2.07. The Morgan fingerprint density at radius 2 is 1.29 bits per heavy atom. The second-order valence-electron chi connectivity index (χ2n) is 14.6. The highest BCUT2D eigenvalue weighted by Gasteiger charge is 2.49. The second-order valence-corrected chi connectivity index (χ2v) is 14.6. The lowest BCUT2D eigenvalue weighted by Crippen LogP contribution is -2.34. The van der Waals surface area contributed by atoms with Gasteiger partial charge in [-0.2, -0.15) is 4.98 Å². The summed E-state index contributed by atoms with van der Waals surface area (Å²) in [5, 5.41) is 12.2. The van der Waals surface area contributed by atoms with Gasteiger partial charge in [0, 0.05) is 18.8 Å². The number of benzene rings is 3. The molecule has 5 aromatic rings. The fourth-order valence-corrected chi connectivity index (χ4v) is 6.34.